The molecule has 0 atom stereocenters. The van der Waals surface area contributed by atoms with Crippen molar-refractivity contribution in [3.8, 4) is 0 Å². The van der Waals surface area contributed by atoms with Crippen molar-refractivity contribution < 1.29 is 14.3 Å². The SMILES string of the molecule is C=CCCCC.O=C1CCC(=O)O1. The number of allylic oxidation sites excluding steroid dienone is 1. The summed E-state index contributed by atoms with van der Waals surface area (Å²) in [6.07, 6.45) is 6.24. The fourth-order valence-electron chi connectivity index (χ4n) is 0.782. The molecule has 0 aliphatic carbocycles. The van der Waals surface area contributed by atoms with E-state index >= 15 is 0 Å². The van der Waals surface area contributed by atoms with E-state index in [-0.39, 0.29) is 12.8 Å². The number of carbonyl (C=O) groups is 2. The quantitative estimate of drug-likeness (QED) is 0.292. The summed E-state index contributed by atoms with van der Waals surface area (Å²) in [5.41, 5.74) is 0. The van der Waals surface area contributed by atoms with Gasteiger partial charge in [-0.25, -0.2) is 0 Å². The van der Waals surface area contributed by atoms with Crippen LogP contribution in [0.2, 0.25) is 0 Å². The number of unbranched alkanes of at least 4 members (excludes halogenated alkanes) is 2. The largest absolute Gasteiger partial charge is 0.393 e. The van der Waals surface area contributed by atoms with Crippen molar-refractivity contribution in [1.29, 1.82) is 0 Å². The molecule has 0 aromatic rings. The normalized spacial score (nSPS) is 14.5. The molecular formula is C10H16O3. The molecule has 74 valence electrons. The summed E-state index contributed by atoms with van der Waals surface area (Å²) in [5.74, 6) is -0.796. The van der Waals surface area contributed by atoms with Crippen LogP contribution in [0.4, 0.5) is 0 Å². The van der Waals surface area contributed by atoms with Crippen molar-refractivity contribution in [2.45, 2.75) is 39.0 Å². The van der Waals surface area contributed by atoms with Gasteiger partial charge in [-0.05, 0) is 6.42 Å². The third-order valence-corrected chi connectivity index (χ3v) is 1.52. The maximum absolute atomic E-state index is 10.0. The van der Waals surface area contributed by atoms with Crippen molar-refractivity contribution >= 4 is 11.9 Å². The van der Waals surface area contributed by atoms with Gasteiger partial charge >= 0.3 is 11.9 Å². The summed E-state index contributed by atoms with van der Waals surface area (Å²) in [5, 5.41) is 0. The van der Waals surface area contributed by atoms with Crippen LogP contribution in [0.15, 0.2) is 12.7 Å². The summed E-state index contributed by atoms with van der Waals surface area (Å²) in [6.45, 7) is 5.78. The van der Waals surface area contributed by atoms with Crippen LogP contribution in [0.3, 0.4) is 0 Å². The van der Waals surface area contributed by atoms with Gasteiger partial charge in [0, 0.05) is 0 Å². The Morgan fingerprint density at radius 3 is 2.08 bits per heavy atom. The zero-order chi connectivity index (χ0) is 10.1. The van der Waals surface area contributed by atoms with E-state index in [0.29, 0.717) is 0 Å². The van der Waals surface area contributed by atoms with E-state index in [1.807, 2.05) is 6.08 Å². The highest BCUT2D eigenvalue weighted by molar-refractivity contribution is 5.92. The van der Waals surface area contributed by atoms with Crippen LogP contribution in [-0.2, 0) is 14.3 Å². The van der Waals surface area contributed by atoms with Gasteiger partial charge < -0.3 is 4.74 Å². The molecule has 3 nitrogen and oxygen atoms in total. The van der Waals surface area contributed by atoms with Crippen LogP contribution in [-0.4, -0.2) is 11.9 Å². The van der Waals surface area contributed by atoms with Crippen molar-refractivity contribution in [3.63, 3.8) is 0 Å². The van der Waals surface area contributed by atoms with Gasteiger partial charge in [-0.1, -0.05) is 25.8 Å². The van der Waals surface area contributed by atoms with Crippen molar-refractivity contribution in [2.75, 3.05) is 0 Å². The summed E-state index contributed by atoms with van der Waals surface area (Å²) >= 11 is 0. The predicted molar refractivity (Wildman–Crippen MR) is 50.1 cm³/mol. The van der Waals surface area contributed by atoms with Crippen LogP contribution in [0, 0.1) is 0 Å². The summed E-state index contributed by atoms with van der Waals surface area (Å²) in [4.78, 5) is 20.0. The Bertz CT molecular complexity index is 171. The first-order chi connectivity index (χ1) is 6.20. The van der Waals surface area contributed by atoms with Gasteiger partial charge in [0.05, 0.1) is 12.8 Å². The number of hydrogen-bond donors (Lipinski definition) is 0. The highest BCUT2D eigenvalue weighted by atomic mass is 16.6. The average molecular weight is 184 g/mol. The molecule has 0 N–H and O–H groups in total. The van der Waals surface area contributed by atoms with E-state index in [0.717, 1.165) is 0 Å². The number of carbonyl (C=O) groups excluding carboxylic acids is 2. The van der Waals surface area contributed by atoms with Crippen molar-refractivity contribution in [2.24, 2.45) is 0 Å². The zero-order valence-corrected chi connectivity index (χ0v) is 8.04. The molecule has 0 unspecified atom stereocenters. The van der Waals surface area contributed by atoms with E-state index in [1.54, 1.807) is 0 Å². The molecule has 1 fully saturated rings. The fourth-order valence-corrected chi connectivity index (χ4v) is 0.782. The molecule has 0 saturated carbocycles. The summed E-state index contributed by atoms with van der Waals surface area (Å²) < 4.78 is 4.08. The maximum Gasteiger partial charge on any atom is 0.314 e. The summed E-state index contributed by atoms with van der Waals surface area (Å²) in [7, 11) is 0. The van der Waals surface area contributed by atoms with Crippen LogP contribution in [0.5, 0.6) is 0 Å². The molecule has 0 radical (unpaired) electrons. The molecule has 0 aromatic heterocycles. The Kier molecular flexibility index (Phi) is 6.88. The maximum atomic E-state index is 10.0. The minimum atomic E-state index is -0.398. The lowest BCUT2D eigenvalue weighted by Crippen LogP contribution is -1.94. The number of ether oxygens (including phenoxy) is 1. The highest BCUT2D eigenvalue weighted by Crippen LogP contribution is 2.03. The Morgan fingerprint density at radius 1 is 1.38 bits per heavy atom. The number of esters is 2. The average Bonchev–Trinajstić information content (AvgIpc) is 2.47. The Labute approximate surface area is 78.8 Å². The number of cyclic esters (lactones) is 2. The standard InChI is InChI=1S/C6H12.C4H4O3/c1-3-5-6-4-2;5-3-1-2-4(6)7-3/h3H,1,4-6H2,2H3;1-2H2. The van der Waals surface area contributed by atoms with Gasteiger partial charge in [0.2, 0.25) is 0 Å². The molecule has 13 heavy (non-hydrogen) atoms. The number of rotatable bonds is 3. The van der Waals surface area contributed by atoms with E-state index in [4.69, 9.17) is 0 Å². The minimum absolute atomic E-state index is 0.263. The molecule has 0 aromatic carbocycles. The lowest BCUT2D eigenvalue weighted by molar-refractivity contribution is -0.151. The third-order valence-electron chi connectivity index (χ3n) is 1.52. The van der Waals surface area contributed by atoms with E-state index in [9.17, 15) is 9.59 Å². The van der Waals surface area contributed by atoms with Gasteiger partial charge in [0.15, 0.2) is 0 Å². The van der Waals surface area contributed by atoms with Gasteiger partial charge in [-0.2, -0.15) is 0 Å². The molecule has 1 aliphatic heterocycles. The number of hydrogen-bond acceptors (Lipinski definition) is 3. The zero-order valence-electron chi connectivity index (χ0n) is 8.04. The van der Waals surface area contributed by atoms with Crippen LogP contribution < -0.4 is 0 Å². The molecule has 0 spiro atoms. The molecule has 1 saturated heterocycles. The van der Waals surface area contributed by atoms with E-state index in [1.165, 1.54) is 19.3 Å². The second kappa shape index (κ2) is 7.53. The Morgan fingerprint density at radius 2 is 1.92 bits per heavy atom. The highest BCUT2D eigenvalue weighted by Gasteiger charge is 2.19. The topological polar surface area (TPSA) is 43.4 Å². The second-order valence-corrected chi connectivity index (χ2v) is 2.78. The molecule has 0 amide bonds. The first-order valence-corrected chi connectivity index (χ1v) is 4.55. The van der Waals surface area contributed by atoms with Crippen LogP contribution in [0.25, 0.3) is 0 Å². The van der Waals surface area contributed by atoms with E-state index < -0.39 is 11.9 Å². The first kappa shape index (κ1) is 11.9. The van der Waals surface area contributed by atoms with Gasteiger partial charge in [0.25, 0.3) is 0 Å². The minimum Gasteiger partial charge on any atom is -0.393 e. The molecule has 1 rings (SSSR count). The Hall–Kier alpha value is -1.12. The van der Waals surface area contributed by atoms with Crippen molar-refractivity contribution in [1.82, 2.24) is 0 Å². The lowest BCUT2D eigenvalue weighted by Gasteiger charge is -1.81. The first-order valence-electron chi connectivity index (χ1n) is 4.55. The molecule has 0 bridgehead atoms. The Balaban J connectivity index is 0.000000226. The van der Waals surface area contributed by atoms with Gasteiger partial charge in [-0.3, -0.25) is 9.59 Å². The monoisotopic (exact) mass is 184 g/mol. The third kappa shape index (κ3) is 7.25. The van der Waals surface area contributed by atoms with E-state index in [2.05, 4.69) is 18.2 Å². The lowest BCUT2D eigenvalue weighted by atomic mass is 10.3. The van der Waals surface area contributed by atoms with Crippen LogP contribution >= 0.6 is 0 Å². The smallest absolute Gasteiger partial charge is 0.314 e. The van der Waals surface area contributed by atoms with Crippen molar-refractivity contribution in [3.05, 3.63) is 12.7 Å². The molecule has 3 heteroatoms. The predicted octanol–water partition coefficient (Wildman–Crippen LogP) is 2.21. The molecule has 1 aliphatic rings. The van der Waals surface area contributed by atoms with Gasteiger partial charge in [0.1, 0.15) is 0 Å². The summed E-state index contributed by atoms with van der Waals surface area (Å²) in [6, 6.07) is 0. The fraction of sp³-hybridized carbons (Fsp3) is 0.600. The van der Waals surface area contributed by atoms with Gasteiger partial charge in [-0.15, -0.1) is 6.58 Å². The van der Waals surface area contributed by atoms with Crippen LogP contribution in [0.1, 0.15) is 39.0 Å². The molecule has 1 heterocycles. The second-order valence-electron chi connectivity index (χ2n) is 2.78. The molecular weight excluding hydrogens is 168 g/mol.